The summed E-state index contributed by atoms with van der Waals surface area (Å²) < 4.78 is 1.81. The molecule has 1 saturated heterocycles. The summed E-state index contributed by atoms with van der Waals surface area (Å²) in [5.41, 5.74) is 0.964. The number of aryl methyl sites for hydroxylation is 1. The van der Waals surface area contributed by atoms with Gasteiger partial charge in [0.25, 0.3) is 0 Å². The zero-order valence-electron chi connectivity index (χ0n) is 11.2. The Balaban J connectivity index is 2.11. The molecular weight excluding hydrogens is 412 g/mol. The minimum atomic E-state index is 0.794. The molecule has 0 saturated carbocycles. The number of nitrogens with zero attached hydrogens (tertiary/aromatic N) is 5. The molecule has 1 fully saturated rings. The van der Waals surface area contributed by atoms with Crippen molar-refractivity contribution in [2.45, 2.75) is 6.92 Å². The molecule has 6 nitrogen and oxygen atoms in total. The molecule has 1 aliphatic rings. The van der Waals surface area contributed by atoms with Crippen LogP contribution in [0.1, 0.15) is 5.69 Å². The van der Waals surface area contributed by atoms with Gasteiger partial charge in [0.1, 0.15) is 0 Å². The van der Waals surface area contributed by atoms with Gasteiger partial charge in [-0.1, -0.05) is 0 Å². The first-order valence-corrected chi connectivity index (χ1v) is 7.89. The van der Waals surface area contributed by atoms with Gasteiger partial charge in [-0.25, -0.2) is 0 Å². The van der Waals surface area contributed by atoms with Crippen molar-refractivity contribution in [3.8, 4) is 0 Å². The molecular formula is C12H18N6W. The van der Waals surface area contributed by atoms with Gasteiger partial charge >= 0.3 is 124 Å². The number of piperazine rings is 1. The van der Waals surface area contributed by atoms with Gasteiger partial charge in [-0.3, -0.25) is 0 Å². The summed E-state index contributed by atoms with van der Waals surface area (Å²) in [7, 11) is 2.14. The zero-order valence-corrected chi connectivity index (χ0v) is 14.1. The molecule has 0 amide bonds. The predicted molar refractivity (Wildman–Crippen MR) is 74.7 cm³/mol. The van der Waals surface area contributed by atoms with Crippen LogP contribution in [0.25, 0.3) is 0 Å². The maximum absolute atomic E-state index is 4.54. The van der Waals surface area contributed by atoms with Crippen molar-refractivity contribution in [3.05, 3.63) is 11.8 Å². The summed E-state index contributed by atoms with van der Waals surface area (Å²) in [6, 6.07) is 1.92. The third kappa shape index (κ3) is 4.18. The summed E-state index contributed by atoms with van der Waals surface area (Å²) >= 11 is 1.32. The van der Waals surface area contributed by atoms with E-state index in [0.29, 0.717) is 0 Å². The summed E-state index contributed by atoms with van der Waals surface area (Å²) in [5.74, 6) is 1.59. The van der Waals surface area contributed by atoms with Crippen LogP contribution in [0.2, 0.25) is 0 Å². The van der Waals surface area contributed by atoms with Gasteiger partial charge in [0, 0.05) is 0 Å². The average Bonchev–Trinajstić information content (AvgIpc) is 2.39. The number of anilines is 2. The molecule has 2 heterocycles. The number of likely N-dealkylation sites (N-methyl/N-ethyl adjacent to an activating group) is 1. The Morgan fingerprint density at radius 2 is 2.05 bits per heavy atom. The van der Waals surface area contributed by atoms with Crippen molar-refractivity contribution in [2.75, 3.05) is 43.4 Å². The van der Waals surface area contributed by atoms with Crippen LogP contribution in [0, 0.1) is 6.92 Å². The molecule has 19 heavy (non-hydrogen) atoms. The maximum atomic E-state index is 4.54. The molecule has 0 bridgehead atoms. The molecule has 0 spiro atoms. The third-order valence-electron chi connectivity index (χ3n) is 2.98. The van der Waals surface area contributed by atoms with Crippen molar-refractivity contribution < 1.29 is 19.4 Å². The number of nitrogens with one attached hydrogen (secondary N) is 1. The van der Waals surface area contributed by atoms with Crippen LogP contribution in [0.15, 0.2) is 11.1 Å². The normalized spacial score (nSPS) is 16.8. The zero-order chi connectivity index (χ0) is 13.7. The summed E-state index contributed by atoms with van der Waals surface area (Å²) in [6.07, 6.45) is 1.66. The first kappa shape index (κ1) is 14.3. The van der Waals surface area contributed by atoms with Gasteiger partial charge < -0.3 is 0 Å². The van der Waals surface area contributed by atoms with E-state index in [2.05, 4.69) is 37.1 Å². The summed E-state index contributed by atoms with van der Waals surface area (Å²) in [5, 5.41) is 3.08. The van der Waals surface area contributed by atoms with Gasteiger partial charge in [0.2, 0.25) is 0 Å². The number of aromatic nitrogens is 2. The number of hydrogen-bond donors (Lipinski definition) is 1. The second kappa shape index (κ2) is 6.87. The first-order valence-electron chi connectivity index (χ1n) is 6.20. The summed E-state index contributed by atoms with van der Waals surface area (Å²) in [6.45, 7) is 6.03. The van der Waals surface area contributed by atoms with E-state index in [1.807, 2.05) is 17.5 Å². The molecule has 1 aliphatic heterocycles. The van der Waals surface area contributed by atoms with Gasteiger partial charge in [0.05, 0.1) is 0 Å². The Morgan fingerprint density at radius 3 is 2.74 bits per heavy atom. The van der Waals surface area contributed by atoms with Crippen LogP contribution in [0.4, 0.5) is 11.8 Å². The van der Waals surface area contributed by atoms with E-state index in [4.69, 9.17) is 0 Å². The minimum absolute atomic E-state index is 0.794. The van der Waals surface area contributed by atoms with Crippen LogP contribution < -0.4 is 10.2 Å². The Morgan fingerprint density at radius 1 is 1.32 bits per heavy atom. The Bertz CT molecular complexity index is 467. The third-order valence-corrected chi connectivity index (χ3v) is 3.41. The molecule has 1 aromatic heterocycles. The van der Waals surface area contributed by atoms with Crippen molar-refractivity contribution in [1.29, 1.82) is 0 Å². The monoisotopic (exact) mass is 430 g/mol. The molecule has 1 aromatic rings. The molecule has 2 rings (SSSR count). The van der Waals surface area contributed by atoms with Crippen molar-refractivity contribution in [3.63, 3.8) is 0 Å². The average molecular weight is 430 g/mol. The SMILES string of the molecule is Cc1cc(NC=N[CH]=[W])nc(N2CCN(C)CC2)n1. The van der Waals surface area contributed by atoms with Crippen LogP contribution >= 0.6 is 0 Å². The quantitative estimate of drug-likeness (QED) is 0.550. The molecule has 0 aromatic carbocycles. The number of aliphatic imine (C=N–C) groups is 1. The standard InChI is InChI=1S/C12H18N6.W/c1-10-8-11(14-9-13-2)16-12(15-10)18-6-4-17(3)5-7-18;/h2,8-9H,4-7H2,1,3H3,(H,14,15,16);. The molecule has 1 N–H and O–H groups in total. The van der Waals surface area contributed by atoms with Crippen molar-refractivity contribution in [1.82, 2.24) is 14.9 Å². The van der Waals surface area contributed by atoms with E-state index in [9.17, 15) is 0 Å². The van der Waals surface area contributed by atoms with Gasteiger partial charge in [0.15, 0.2) is 0 Å². The summed E-state index contributed by atoms with van der Waals surface area (Å²) in [4.78, 5) is 17.6. The van der Waals surface area contributed by atoms with E-state index < -0.39 is 0 Å². The first-order chi connectivity index (χ1) is 9.19. The fourth-order valence-electron chi connectivity index (χ4n) is 1.91. The molecule has 102 valence electrons. The van der Waals surface area contributed by atoms with Crippen molar-refractivity contribution in [2.24, 2.45) is 4.99 Å². The van der Waals surface area contributed by atoms with Gasteiger partial charge in [-0.05, 0) is 0 Å². The van der Waals surface area contributed by atoms with E-state index >= 15 is 0 Å². The Hall–Kier alpha value is -1.13. The van der Waals surface area contributed by atoms with E-state index in [-0.39, 0.29) is 0 Å². The molecule has 0 atom stereocenters. The molecule has 7 heteroatoms. The fraction of sp³-hybridized carbons (Fsp3) is 0.500. The van der Waals surface area contributed by atoms with Crippen LogP contribution in [0.5, 0.6) is 0 Å². The van der Waals surface area contributed by atoms with E-state index in [1.54, 1.807) is 6.34 Å². The second-order valence-electron chi connectivity index (χ2n) is 4.51. The van der Waals surface area contributed by atoms with Crippen LogP contribution in [-0.2, 0) is 19.4 Å². The number of hydrogen-bond acceptors (Lipinski definition) is 5. The topological polar surface area (TPSA) is 56.7 Å². The van der Waals surface area contributed by atoms with Crippen molar-refractivity contribution >= 4 is 22.6 Å². The second-order valence-corrected chi connectivity index (χ2v) is 5.27. The molecule has 0 aliphatic carbocycles. The van der Waals surface area contributed by atoms with E-state index in [0.717, 1.165) is 43.6 Å². The molecule has 0 radical (unpaired) electrons. The number of rotatable bonds is 4. The fourth-order valence-corrected chi connectivity index (χ4v) is 2.13. The Labute approximate surface area is 124 Å². The Kier molecular flexibility index (Phi) is 5.16. The molecule has 0 unspecified atom stereocenters. The van der Waals surface area contributed by atoms with E-state index in [1.165, 1.54) is 19.4 Å². The predicted octanol–water partition coefficient (Wildman–Crippen LogP) is 0.284. The van der Waals surface area contributed by atoms with Crippen LogP contribution in [-0.4, -0.2) is 59.0 Å². The van der Waals surface area contributed by atoms with Gasteiger partial charge in [-0.2, -0.15) is 0 Å². The van der Waals surface area contributed by atoms with Crippen LogP contribution in [0.3, 0.4) is 0 Å². The van der Waals surface area contributed by atoms with Gasteiger partial charge in [-0.15, -0.1) is 0 Å².